The molecule has 0 unspecified atom stereocenters. The highest BCUT2D eigenvalue weighted by molar-refractivity contribution is 6.09. The van der Waals surface area contributed by atoms with Crippen molar-refractivity contribution >= 4 is 23.1 Å². The Labute approximate surface area is 140 Å². The third-order valence-electron chi connectivity index (χ3n) is 5.25. The summed E-state index contributed by atoms with van der Waals surface area (Å²) in [6.45, 7) is 4.28. The van der Waals surface area contributed by atoms with Gasteiger partial charge in [0, 0.05) is 18.8 Å². The summed E-state index contributed by atoms with van der Waals surface area (Å²) in [6.07, 6.45) is 2.48. The molecule has 1 aliphatic carbocycles. The molecule has 3 N–H and O–H groups in total. The van der Waals surface area contributed by atoms with Gasteiger partial charge in [-0.1, -0.05) is 0 Å². The number of nitrogens with one attached hydrogen (secondary N) is 3. The predicted molar refractivity (Wildman–Crippen MR) is 91.7 cm³/mol. The van der Waals surface area contributed by atoms with Crippen LogP contribution in [0.15, 0.2) is 17.2 Å². The van der Waals surface area contributed by atoms with Gasteiger partial charge in [-0.05, 0) is 43.4 Å². The molecule has 0 aromatic heterocycles. The Morgan fingerprint density at radius 3 is 2.88 bits per heavy atom. The minimum Gasteiger partial charge on any atom is -0.483 e. The molecule has 2 fully saturated rings. The lowest BCUT2D eigenvalue weighted by Gasteiger charge is -2.39. The van der Waals surface area contributed by atoms with E-state index in [1.807, 2.05) is 11.8 Å². The van der Waals surface area contributed by atoms with E-state index in [0.29, 0.717) is 18.6 Å². The van der Waals surface area contributed by atoms with E-state index in [2.05, 4.69) is 33.3 Å². The van der Waals surface area contributed by atoms with Crippen molar-refractivity contribution in [3.05, 3.63) is 17.7 Å². The lowest BCUT2D eigenvalue weighted by molar-refractivity contribution is -0.122. The molecule has 0 bridgehead atoms. The van der Waals surface area contributed by atoms with Crippen LogP contribution < -0.4 is 25.7 Å². The topological polar surface area (TPSA) is 78.0 Å². The number of benzene rings is 1. The van der Waals surface area contributed by atoms with Gasteiger partial charge in [0.2, 0.25) is 0 Å². The summed E-state index contributed by atoms with van der Waals surface area (Å²) in [7, 11) is 0. The summed E-state index contributed by atoms with van der Waals surface area (Å²) in [5.41, 5.74) is 6.02. The Morgan fingerprint density at radius 1 is 1.33 bits per heavy atom. The van der Waals surface area contributed by atoms with Gasteiger partial charge in [0.15, 0.2) is 5.84 Å². The fourth-order valence-electron chi connectivity index (χ4n) is 3.56. The second kappa shape index (κ2) is 5.11. The smallest absolute Gasteiger partial charge is 0.262 e. The van der Waals surface area contributed by atoms with Crippen LogP contribution in [0.4, 0.5) is 11.4 Å². The molecule has 4 aliphatic rings. The van der Waals surface area contributed by atoms with Gasteiger partial charge in [0.25, 0.3) is 5.91 Å². The number of ether oxygens (including phenoxy) is 1. The largest absolute Gasteiger partial charge is 0.483 e. The zero-order valence-electron chi connectivity index (χ0n) is 13.6. The van der Waals surface area contributed by atoms with Crippen LogP contribution in [0, 0.1) is 0 Å². The molecule has 3 heterocycles. The number of fused-ring (bicyclic) bond motifs is 3. The van der Waals surface area contributed by atoms with Crippen molar-refractivity contribution in [2.24, 2.45) is 5.10 Å². The molecule has 24 heavy (non-hydrogen) atoms. The van der Waals surface area contributed by atoms with Gasteiger partial charge in [-0.25, -0.2) is 5.43 Å². The minimum absolute atomic E-state index is 0.0874. The molecular formula is C17H21N5O2. The zero-order chi connectivity index (χ0) is 16.3. The van der Waals surface area contributed by atoms with E-state index in [-0.39, 0.29) is 11.9 Å². The first-order chi connectivity index (χ1) is 11.7. The molecule has 5 rings (SSSR count). The summed E-state index contributed by atoms with van der Waals surface area (Å²) in [6, 6.07) is 4.49. The molecular weight excluding hydrogens is 306 g/mol. The highest BCUT2D eigenvalue weighted by atomic mass is 16.5. The lowest BCUT2D eigenvalue weighted by Crippen LogP contribution is -2.55. The standard InChI is InChI=1S/C17H21N5O2/c1-9-17(23)21-20-16-8-24-15-4-12(10-2-3-10)13(5-14(15)22(9)16)19-11-6-18-7-11/h4-5,9-11,18-19H,2-3,6-8H2,1H3,(H,21,23)/t9-/m0/s1. The Morgan fingerprint density at radius 2 is 2.17 bits per heavy atom. The van der Waals surface area contributed by atoms with Crippen molar-refractivity contribution in [1.82, 2.24) is 10.7 Å². The normalized spacial score (nSPS) is 25.7. The first-order valence-corrected chi connectivity index (χ1v) is 8.64. The number of amidine groups is 1. The van der Waals surface area contributed by atoms with Crippen molar-refractivity contribution in [1.29, 1.82) is 0 Å². The highest BCUT2D eigenvalue weighted by Crippen LogP contribution is 2.48. The second-order valence-corrected chi connectivity index (χ2v) is 7.02. The minimum atomic E-state index is -0.287. The van der Waals surface area contributed by atoms with Crippen LogP contribution in [-0.4, -0.2) is 43.5 Å². The van der Waals surface area contributed by atoms with Gasteiger partial charge >= 0.3 is 0 Å². The Kier molecular flexibility index (Phi) is 3.00. The van der Waals surface area contributed by atoms with Crippen LogP contribution >= 0.6 is 0 Å². The van der Waals surface area contributed by atoms with E-state index in [1.54, 1.807) is 0 Å². The molecule has 3 aliphatic heterocycles. The van der Waals surface area contributed by atoms with Gasteiger partial charge in [0.1, 0.15) is 18.4 Å². The number of hydrogen-bond acceptors (Lipinski definition) is 6. The molecule has 126 valence electrons. The van der Waals surface area contributed by atoms with E-state index in [9.17, 15) is 4.79 Å². The average molecular weight is 327 g/mol. The molecule has 1 saturated heterocycles. The maximum Gasteiger partial charge on any atom is 0.262 e. The first-order valence-electron chi connectivity index (χ1n) is 8.64. The van der Waals surface area contributed by atoms with E-state index in [1.165, 1.54) is 24.1 Å². The van der Waals surface area contributed by atoms with Crippen molar-refractivity contribution in [2.45, 2.75) is 37.8 Å². The van der Waals surface area contributed by atoms with E-state index in [4.69, 9.17) is 4.74 Å². The van der Waals surface area contributed by atoms with Gasteiger partial charge in [-0.3, -0.25) is 4.79 Å². The molecule has 0 spiro atoms. The summed E-state index contributed by atoms with van der Waals surface area (Å²) in [5, 5.41) is 11.1. The van der Waals surface area contributed by atoms with Crippen LogP contribution in [0.3, 0.4) is 0 Å². The second-order valence-electron chi connectivity index (χ2n) is 7.02. The summed E-state index contributed by atoms with van der Waals surface area (Å²) < 4.78 is 5.93. The molecule has 1 aromatic rings. The third-order valence-corrected chi connectivity index (χ3v) is 5.25. The van der Waals surface area contributed by atoms with Crippen LogP contribution in [0.5, 0.6) is 5.75 Å². The summed E-state index contributed by atoms with van der Waals surface area (Å²) in [5.74, 6) is 2.15. The van der Waals surface area contributed by atoms with Crippen LogP contribution in [0.1, 0.15) is 31.2 Å². The number of carbonyl (C=O) groups is 1. The van der Waals surface area contributed by atoms with Crippen LogP contribution in [0.2, 0.25) is 0 Å². The lowest BCUT2D eigenvalue weighted by atomic mass is 10.0. The van der Waals surface area contributed by atoms with E-state index >= 15 is 0 Å². The quantitative estimate of drug-likeness (QED) is 0.771. The van der Waals surface area contributed by atoms with Crippen LogP contribution in [-0.2, 0) is 4.79 Å². The Hall–Kier alpha value is -2.28. The molecule has 7 nitrogen and oxygen atoms in total. The fraction of sp³-hybridized carbons (Fsp3) is 0.529. The average Bonchev–Trinajstić information content (AvgIpc) is 3.38. The number of nitrogens with zero attached hydrogens (tertiary/aromatic N) is 2. The maximum absolute atomic E-state index is 12.0. The number of hydrazone groups is 1. The van der Waals surface area contributed by atoms with Gasteiger partial charge in [-0.15, -0.1) is 0 Å². The number of amides is 1. The zero-order valence-corrected chi connectivity index (χ0v) is 13.6. The monoisotopic (exact) mass is 327 g/mol. The fourth-order valence-corrected chi connectivity index (χ4v) is 3.56. The van der Waals surface area contributed by atoms with Crippen molar-refractivity contribution in [3.63, 3.8) is 0 Å². The first kappa shape index (κ1) is 14.1. The van der Waals surface area contributed by atoms with E-state index in [0.717, 1.165) is 30.4 Å². The number of carbonyl (C=O) groups excluding carboxylic acids is 1. The van der Waals surface area contributed by atoms with Crippen molar-refractivity contribution < 1.29 is 9.53 Å². The number of rotatable bonds is 3. The van der Waals surface area contributed by atoms with Crippen molar-refractivity contribution in [2.75, 3.05) is 29.9 Å². The van der Waals surface area contributed by atoms with Gasteiger partial charge in [0.05, 0.1) is 11.7 Å². The maximum atomic E-state index is 12.0. The van der Waals surface area contributed by atoms with E-state index < -0.39 is 0 Å². The molecule has 1 atom stereocenters. The number of hydrogen-bond donors (Lipinski definition) is 3. The van der Waals surface area contributed by atoms with Crippen molar-refractivity contribution in [3.8, 4) is 5.75 Å². The molecule has 1 aromatic carbocycles. The van der Waals surface area contributed by atoms with Gasteiger partial charge < -0.3 is 20.3 Å². The SMILES string of the molecule is C[C@H]1C(=O)NN=C2COc3cc(C4CC4)c(NC4CNC4)cc3N21. The summed E-state index contributed by atoms with van der Waals surface area (Å²) >= 11 is 0. The molecule has 7 heteroatoms. The molecule has 0 radical (unpaired) electrons. The Balaban J connectivity index is 1.58. The summed E-state index contributed by atoms with van der Waals surface area (Å²) in [4.78, 5) is 14.0. The van der Waals surface area contributed by atoms with Crippen LogP contribution in [0.25, 0.3) is 0 Å². The van der Waals surface area contributed by atoms with Gasteiger partial charge in [-0.2, -0.15) is 5.10 Å². The highest BCUT2D eigenvalue weighted by Gasteiger charge is 2.37. The predicted octanol–water partition coefficient (Wildman–Crippen LogP) is 0.978. The molecule has 1 amide bonds. The number of anilines is 2. The Bertz CT molecular complexity index is 739. The molecule has 1 saturated carbocycles. The third kappa shape index (κ3) is 2.15.